The van der Waals surface area contributed by atoms with E-state index in [-0.39, 0.29) is 5.41 Å². The molecule has 0 aliphatic carbocycles. The Morgan fingerprint density at radius 3 is 2.00 bits per heavy atom. The summed E-state index contributed by atoms with van der Waals surface area (Å²) in [5.74, 6) is 0. The van der Waals surface area contributed by atoms with E-state index in [2.05, 4.69) is 42.3 Å². The minimum absolute atomic E-state index is 0.151. The van der Waals surface area contributed by atoms with Gasteiger partial charge in [0.15, 0.2) is 5.54 Å². The zero-order valence-electron chi connectivity index (χ0n) is 13.3. The predicted octanol–water partition coefficient (Wildman–Crippen LogP) is 5.42. The Morgan fingerprint density at radius 1 is 0.909 bits per heavy atom. The second-order valence-electron chi connectivity index (χ2n) is 6.35. The number of nitriles is 1. The minimum atomic E-state index is -0.852. The zero-order chi connectivity index (χ0) is 16.1. The van der Waals surface area contributed by atoms with E-state index in [0.717, 1.165) is 5.69 Å². The summed E-state index contributed by atoms with van der Waals surface area (Å²) in [7, 11) is 0. The third-order valence-corrected chi connectivity index (χ3v) is 3.72. The SMILES string of the molecule is CC(C#N)(CC(C)(C)c1ccccc1)N=Nc1ccccc1. The number of hydrogen-bond donors (Lipinski definition) is 0. The van der Waals surface area contributed by atoms with Crippen LogP contribution in [0.5, 0.6) is 0 Å². The van der Waals surface area contributed by atoms with E-state index < -0.39 is 5.54 Å². The summed E-state index contributed by atoms with van der Waals surface area (Å²) < 4.78 is 0. The molecule has 2 rings (SSSR count). The molecule has 2 aromatic carbocycles. The highest BCUT2D eigenvalue weighted by Gasteiger charge is 2.34. The molecule has 0 radical (unpaired) electrons. The Morgan fingerprint density at radius 2 is 1.45 bits per heavy atom. The van der Waals surface area contributed by atoms with Crippen LogP contribution in [0.3, 0.4) is 0 Å². The molecule has 22 heavy (non-hydrogen) atoms. The van der Waals surface area contributed by atoms with Crippen LogP contribution in [-0.2, 0) is 5.41 Å². The monoisotopic (exact) mass is 291 g/mol. The first-order valence-electron chi connectivity index (χ1n) is 7.40. The number of azo groups is 1. The maximum absolute atomic E-state index is 9.57. The lowest BCUT2D eigenvalue weighted by Crippen LogP contribution is -2.31. The summed E-state index contributed by atoms with van der Waals surface area (Å²) in [5.41, 5.74) is 0.962. The molecular formula is C19H21N3. The maximum atomic E-state index is 9.57. The quantitative estimate of drug-likeness (QED) is 0.678. The maximum Gasteiger partial charge on any atom is 0.165 e. The van der Waals surface area contributed by atoms with Gasteiger partial charge in [-0.25, -0.2) is 0 Å². The highest BCUT2D eigenvalue weighted by Crippen LogP contribution is 2.34. The van der Waals surface area contributed by atoms with Crippen LogP contribution in [0.15, 0.2) is 70.9 Å². The molecule has 0 amide bonds. The Labute approximate surface area is 132 Å². The average Bonchev–Trinajstić information content (AvgIpc) is 2.54. The van der Waals surface area contributed by atoms with Gasteiger partial charge in [-0.2, -0.15) is 15.5 Å². The van der Waals surface area contributed by atoms with Crippen molar-refractivity contribution in [1.82, 2.24) is 0 Å². The van der Waals surface area contributed by atoms with Crippen LogP contribution >= 0.6 is 0 Å². The second kappa shape index (κ2) is 6.53. The van der Waals surface area contributed by atoms with E-state index >= 15 is 0 Å². The van der Waals surface area contributed by atoms with Crippen molar-refractivity contribution < 1.29 is 0 Å². The van der Waals surface area contributed by atoms with Crippen LogP contribution < -0.4 is 0 Å². The van der Waals surface area contributed by atoms with Crippen molar-refractivity contribution in [2.24, 2.45) is 10.2 Å². The summed E-state index contributed by atoms with van der Waals surface area (Å²) in [6.07, 6.45) is 0.608. The summed E-state index contributed by atoms with van der Waals surface area (Å²) in [6, 6.07) is 22.0. The molecule has 112 valence electrons. The highest BCUT2D eigenvalue weighted by atomic mass is 15.1. The van der Waals surface area contributed by atoms with Gasteiger partial charge in [-0.15, -0.1) is 0 Å². The number of nitrogens with zero attached hydrogens (tertiary/aromatic N) is 3. The van der Waals surface area contributed by atoms with Crippen molar-refractivity contribution in [3.05, 3.63) is 66.2 Å². The van der Waals surface area contributed by atoms with Crippen LogP contribution in [0.25, 0.3) is 0 Å². The molecule has 0 heterocycles. The van der Waals surface area contributed by atoms with Crippen molar-refractivity contribution in [3.63, 3.8) is 0 Å². The standard InChI is InChI=1S/C19H21N3/c1-18(2,16-10-6-4-7-11-16)14-19(3,15-20)22-21-17-12-8-5-9-13-17/h4-13H,14H2,1-3H3. The van der Waals surface area contributed by atoms with Crippen LogP contribution in [0.2, 0.25) is 0 Å². The molecule has 1 unspecified atom stereocenters. The second-order valence-corrected chi connectivity index (χ2v) is 6.35. The molecule has 0 bridgehead atoms. The van der Waals surface area contributed by atoms with Gasteiger partial charge in [0.25, 0.3) is 0 Å². The topological polar surface area (TPSA) is 48.5 Å². The molecular weight excluding hydrogens is 270 g/mol. The van der Waals surface area contributed by atoms with Crippen LogP contribution in [-0.4, -0.2) is 5.54 Å². The highest BCUT2D eigenvalue weighted by molar-refractivity contribution is 5.35. The Balaban J connectivity index is 2.21. The zero-order valence-corrected chi connectivity index (χ0v) is 13.3. The van der Waals surface area contributed by atoms with Gasteiger partial charge in [0, 0.05) is 0 Å². The molecule has 0 N–H and O–H groups in total. The van der Waals surface area contributed by atoms with E-state index in [1.54, 1.807) is 0 Å². The van der Waals surface area contributed by atoms with Gasteiger partial charge in [-0.05, 0) is 36.5 Å². The molecule has 0 aromatic heterocycles. The van der Waals surface area contributed by atoms with Gasteiger partial charge >= 0.3 is 0 Å². The van der Waals surface area contributed by atoms with Gasteiger partial charge in [-0.3, -0.25) is 0 Å². The van der Waals surface area contributed by atoms with E-state index in [9.17, 15) is 5.26 Å². The summed E-state index contributed by atoms with van der Waals surface area (Å²) in [5, 5.41) is 18.1. The normalized spacial score (nSPS) is 14.5. The van der Waals surface area contributed by atoms with Crippen molar-refractivity contribution in [3.8, 4) is 6.07 Å². The molecule has 0 saturated carbocycles. The molecule has 0 saturated heterocycles. The fraction of sp³-hybridized carbons (Fsp3) is 0.316. The third-order valence-electron chi connectivity index (χ3n) is 3.72. The lowest BCUT2D eigenvalue weighted by atomic mass is 9.75. The molecule has 2 aromatic rings. The predicted molar refractivity (Wildman–Crippen MR) is 89.1 cm³/mol. The Kier molecular flexibility index (Phi) is 4.72. The van der Waals surface area contributed by atoms with Gasteiger partial charge in [0.05, 0.1) is 11.8 Å². The van der Waals surface area contributed by atoms with E-state index in [1.165, 1.54) is 5.56 Å². The van der Waals surface area contributed by atoms with E-state index in [1.807, 2.05) is 55.5 Å². The number of benzene rings is 2. The molecule has 1 atom stereocenters. The molecule has 0 spiro atoms. The first kappa shape index (κ1) is 15.9. The first-order chi connectivity index (χ1) is 10.5. The lowest BCUT2D eigenvalue weighted by Gasteiger charge is -2.30. The van der Waals surface area contributed by atoms with Crippen molar-refractivity contribution >= 4 is 5.69 Å². The molecule has 3 heteroatoms. The fourth-order valence-corrected chi connectivity index (χ4v) is 2.61. The van der Waals surface area contributed by atoms with Crippen LogP contribution in [0.1, 0.15) is 32.8 Å². The first-order valence-corrected chi connectivity index (χ1v) is 7.40. The fourth-order valence-electron chi connectivity index (χ4n) is 2.61. The summed E-state index contributed by atoms with van der Waals surface area (Å²) in [6.45, 7) is 6.11. The van der Waals surface area contributed by atoms with Crippen LogP contribution in [0.4, 0.5) is 5.69 Å². The van der Waals surface area contributed by atoms with E-state index in [0.29, 0.717) is 6.42 Å². The van der Waals surface area contributed by atoms with Crippen molar-refractivity contribution in [2.75, 3.05) is 0 Å². The van der Waals surface area contributed by atoms with Gasteiger partial charge in [0.1, 0.15) is 0 Å². The Hall–Kier alpha value is -2.47. The molecule has 3 nitrogen and oxygen atoms in total. The molecule has 0 aliphatic rings. The van der Waals surface area contributed by atoms with Crippen LogP contribution in [0, 0.1) is 11.3 Å². The smallest absolute Gasteiger partial charge is 0.165 e. The van der Waals surface area contributed by atoms with Gasteiger partial charge in [-0.1, -0.05) is 62.4 Å². The molecule has 0 aliphatic heterocycles. The van der Waals surface area contributed by atoms with Gasteiger partial charge in [0.2, 0.25) is 0 Å². The third kappa shape index (κ3) is 4.02. The number of rotatable bonds is 5. The molecule has 0 fully saturated rings. The van der Waals surface area contributed by atoms with Crippen molar-refractivity contribution in [2.45, 2.75) is 38.1 Å². The largest absolute Gasteiger partial charge is 0.196 e. The minimum Gasteiger partial charge on any atom is -0.196 e. The van der Waals surface area contributed by atoms with E-state index in [4.69, 9.17) is 0 Å². The lowest BCUT2D eigenvalue weighted by molar-refractivity contribution is 0.378. The van der Waals surface area contributed by atoms with Gasteiger partial charge < -0.3 is 0 Å². The summed E-state index contributed by atoms with van der Waals surface area (Å²) >= 11 is 0. The Bertz CT molecular complexity index is 669. The van der Waals surface area contributed by atoms with Crippen molar-refractivity contribution in [1.29, 1.82) is 5.26 Å². The summed E-state index contributed by atoms with van der Waals surface area (Å²) in [4.78, 5) is 0. The number of hydrogen-bond acceptors (Lipinski definition) is 3. The average molecular weight is 291 g/mol.